The van der Waals surface area contributed by atoms with Crippen molar-refractivity contribution in [2.45, 2.75) is 26.4 Å². The van der Waals surface area contributed by atoms with Gasteiger partial charge >= 0.3 is 0 Å². The van der Waals surface area contributed by atoms with Crippen LogP contribution < -0.4 is 14.8 Å². The van der Waals surface area contributed by atoms with E-state index in [1.807, 2.05) is 30.3 Å². The molecule has 4 heteroatoms. The SMILES string of the molecule is COc1cccc(-c2ccc(CNC(C)C)o2)c1OC. The number of hydrogen-bond donors (Lipinski definition) is 1. The molecule has 0 amide bonds. The molecule has 2 aromatic rings. The highest BCUT2D eigenvalue weighted by molar-refractivity contribution is 5.70. The average Bonchev–Trinajstić information content (AvgIpc) is 2.92. The molecule has 0 unspecified atom stereocenters. The first kappa shape index (κ1) is 14.5. The molecule has 0 spiro atoms. The number of rotatable bonds is 6. The Kier molecular flexibility index (Phi) is 4.69. The van der Waals surface area contributed by atoms with Crippen LogP contribution in [0.2, 0.25) is 0 Å². The lowest BCUT2D eigenvalue weighted by Gasteiger charge is -2.11. The van der Waals surface area contributed by atoms with Crippen molar-refractivity contribution in [2.75, 3.05) is 14.2 Å². The molecule has 108 valence electrons. The number of ether oxygens (including phenoxy) is 2. The van der Waals surface area contributed by atoms with Gasteiger partial charge in [0.05, 0.1) is 26.3 Å². The maximum Gasteiger partial charge on any atom is 0.171 e. The Morgan fingerprint density at radius 1 is 1.10 bits per heavy atom. The first-order chi connectivity index (χ1) is 9.65. The molecule has 4 nitrogen and oxygen atoms in total. The normalized spacial score (nSPS) is 10.8. The van der Waals surface area contributed by atoms with Gasteiger partial charge in [0.1, 0.15) is 11.5 Å². The van der Waals surface area contributed by atoms with Gasteiger partial charge in [0.25, 0.3) is 0 Å². The van der Waals surface area contributed by atoms with Crippen LogP contribution in [-0.4, -0.2) is 20.3 Å². The predicted molar refractivity (Wildman–Crippen MR) is 79.2 cm³/mol. The van der Waals surface area contributed by atoms with Gasteiger partial charge in [-0.15, -0.1) is 0 Å². The molecule has 0 fully saturated rings. The standard InChI is InChI=1S/C16H21NO3/c1-11(2)17-10-12-8-9-14(20-12)13-6-5-7-15(18-3)16(13)19-4/h5-9,11,17H,10H2,1-4H3. The third-order valence-electron chi connectivity index (χ3n) is 3.01. The zero-order valence-electron chi connectivity index (χ0n) is 12.4. The molecule has 0 bridgehead atoms. The second-order valence-electron chi connectivity index (χ2n) is 4.84. The molecule has 0 aliphatic heterocycles. The van der Waals surface area contributed by atoms with Crippen molar-refractivity contribution in [3.63, 3.8) is 0 Å². The largest absolute Gasteiger partial charge is 0.493 e. The molecule has 1 heterocycles. The summed E-state index contributed by atoms with van der Waals surface area (Å²) in [5, 5.41) is 3.33. The fraction of sp³-hybridized carbons (Fsp3) is 0.375. The van der Waals surface area contributed by atoms with Gasteiger partial charge in [0.15, 0.2) is 11.5 Å². The van der Waals surface area contributed by atoms with E-state index in [2.05, 4.69) is 19.2 Å². The number of para-hydroxylation sites is 1. The minimum Gasteiger partial charge on any atom is -0.493 e. The number of hydrogen-bond acceptors (Lipinski definition) is 4. The van der Waals surface area contributed by atoms with E-state index < -0.39 is 0 Å². The second-order valence-corrected chi connectivity index (χ2v) is 4.84. The maximum atomic E-state index is 5.86. The van der Waals surface area contributed by atoms with Crippen LogP contribution >= 0.6 is 0 Å². The number of furan rings is 1. The van der Waals surface area contributed by atoms with Crippen LogP contribution in [0.5, 0.6) is 11.5 Å². The van der Waals surface area contributed by atoms with Gasteiger partial charge in [-0.2, -0.15) is 0 Å². The molecule has 0 saturated heterocycles. The summed E-state index contributed by atoms with van der Waals surface area (Å²) in [6.45, 7) is 4.92. The first-order valence-corrected chi connectivity index (χ1v) is 6.69. The monoisotopic (exact) mass is 275 g/mol. The second kappa shape index (κ2) is 6.48. The highest BCUT2D eigenvalue weighted by Crippen LogP contribution is 2.38. The number of benzene rings is 1. The number of methoxy groups -OCH3 is 2. The minimum absolute atomic E-state index is 0.426. The van der Waals surface area contributed by atoms with Crippen molar-refractivity contribution >= 4 is 0 Å². The number of nitrogens with one attached hydrogen (secondary N) is 1. The van der Waals surface area contributed by atoms with Gasteiger partial charge in [-0.25, -0.2) is 0 Å². The van der Waals surface area contributed by atoms with Crippen molar-refractivity contribution in [2.24, 2.45) is 0 Å². The molecule has 1 N–H and O–H groups in total. The fourth-order valence-electron chi connectivity index (χ4n) is 2.00. The molecule has 0 radical (unpaired) electrons. The summed E-state index contributed by atoms with van der Waals surface area (Å²) >= 11 is 0. The van der Waals surface area contributed by atoms with E-state index in [-0.39, 0.29) is 0 Å². The average molecular weight is 275 g/mol. The molecule has 0 atom stereocenters. The third-order valence-corrected chi connectivity index (χ3v) is 3.01. The summed E-state index contributed by atoms with van der Waals surface area (Å²) in [5.74, 6) is 3.07. The van der Waals surface area contributed by atoms with Gasteiger partial charge in [0, 0.05) is 6.04 Å². The van der Waals surface area contributed by atoms with Gasteiger partial charge in [0.2, 0.25) is 0 Å². The van der Waals surface area contributed by atoms with E-state index in [9.17, 15) is 0 Å². The van der Waals surface area contributed by atoms with Crippen LogP contribution in [0.4, 0.5) is 0 Å². The smallest absolute Gasteiger partial charge is 0.171 e. The molecule has 0 aliphatic carbocycles. The van der Waals surface area contributed by atoms with Crippen LogP contribution in [0.3, 0.4) is 0 Å². The Bertz CT molecular complexity index is 561. The summed E-state index contributed by atoms with van der Waals surface area (Å²) < 4.78 is 16.6. The van der Waals surface area contributed by atoms with E-state index in [0.717, 1.165) is 17.1 Å². The van der Waals surface area contributed by atoms with Gasteiger partial charge < -0.3 is 19.2 Å². The molecule has 1 aromatic carbocycles. The Morgan fingerprint density at radius 3 is 2.55 bits per heavy atom. The van der Waals surface area contributed by atoms with Gasteiger partial charge in [-0.3, -0.25) is 0 Å². The van der Waals surface area contributed by atoms with Crippen LogP contribution in [0.15, 0.2) is 34.7 Å². The van der Waals surface area contributed by atoms with Crippen molar-refractivity contribution in [3.8, 4) is 22.8 Å². The highest BCUT2D eigenvalue weighted by Gasteiger charge is 2.14. The van der Waals surface area contributed by atoms with Gasteiger partial charge in [-0.1, -0.05) is 19.9 Å². The molecular formula is C16H21NO3. The summed E-state index contributed by atoms with van der Waals surface area (Å²) in [6.07, 6.45) is 0. The molecule has 20 heavy (non-hydrogen) atoms. The minimum atomic E-state index is 0.426. The molecule has 1 aromatic heterocycles. The Labute approximate surface area is 119 Å². The van der Waals surface area contributed by atoms with Crippen molar-refractivity contribution in [1.29, 1.82) is 0 Å². The van der Waals surface area contributed by atoms with E-state index in [0.29, 0.717) is 24.1 Å². The Hall–Kier alpha value is -1.94. The highest BCUT2D eigenvalue weighted by atomic mass is 16.5. The molecule has 2 rings (SSSR count). The summed E-state index contributed by atoms with van der Waals surface area (Å²) in [5.41, 5.74) is 0.891. The van der Waals surface area contributed by atoms with E-state index in [4.69, 9.17) is 13.9 Å². The Balaban J connectivity index is 2.28. The van der Waals surface area contributed by atoms with Crippen molar-refractivity contribution in [1.82, 2.24) is 5.32 Å². The first-order valence-electron chi connectivity index (χ1n) is 6.69. The summed E-state index contributed by atoms with van der Waals surface area (Å²) in [4.78, 5) is 0. The van der Waals surface area contributed by atoms with E-state index in [1.54, 1.807) is 14.2 Å². The van der Waals surface area contributed by atoms with Crippen molar-refractivity contribution < 1.29 is 13.9 Å². The van der Waals surface area contributed by atoms with Gasteiger partial charge in [-0.05, 0) is 24.3 Å². The zero-order chi connectivity index (χ0) is 14.5. The van der Waals surface area contributed by atoms with Crippen LogP contribution in [0.1, 0.15) is 19.6 Å². The van der Waals surface area contributed by atoms with Crippen molar-refractivity contribution in [3.05, 3.63) is 36.1 Å². The van der Waals surface area contributed by atoms with Crippen LogP contribution in [-0.2, 0) is 6.54 Å². The summed E-state index contributed by atoms with van der Waals surface area (Å²) in [6, 6.07) is 10.1. The van der Waals surface area contributed by atoms with E-state index in [1.165, 1.54) is 0 Å². The van der Waals surface area contributed by atoms with E-state index >= 15 is 0 Å². The quantitative estimate of drug-likeness (QED) is 0.876. The topological polar surface area (TPSA) is 43.6 Å². The lowest BCUT2D eigenvalue weighted by molar-refractivity contribution is 0.355. The summed E-state index contributed by atoms with van der Waals surface area (Å²) in [7, 11) is 3.26. The molecular weight excluding hydrogens is 254 g/mol. The maximum absolute atomic E-state index is 5.86. The zero-order valence-corrected chi connectivity index (χ0v) is 12.4. The lowest BCUT2D eigenvalue weighted by Crippen LogP contribution is -2.21. The molecule has 0 saturated carbocycles. The lowest BCUT2D eigenvalue weighted by atomic mass is 10.1. The van der Waals surface area contributed by atoms with Crippen LogP contribution in [0.25, 0.3) is 11.3 Å². The predicted octanol–water partition coefficient (Wildman–Crippen LogP) is 3.46. The fourth-order valence-corrected chi connectivity index (χ4v) is 2.00. The Morgan fingerprint density at radius 2 is 1.90 bits per heavy atom. The van der Waals surface area contributed by atoms with Crippen LogP contribution in [0, 0.1) is 0 Å². The molecule has 0 aliphatic rings. The third kappa shape index (κ3) is 3.14.